The Morgan fingerprint density at radius 1 is 0.909 bits per heavy atom. The lowest BCUT2D eigenvalue weighted by Gasteiger charge is -2.60. The van der Waals surface area contributed by atoms with Crippen LogP contribution in [0, 0.1) is 51.8 Å². The molecular formula is C20H31NO. The maximum atomic E-state index is 10.1. The number of fused-ring (bicyclic) bond motifs is 5. The highest BCUT2D eigenvalue weighted by molar-refractivity contribution is 5.12. The van der Waals surface area contributed by atoms with E-state index >= 15 is 0 Å². The zero-order chi connectivity index (χ0) is 15.5. The topological polar surface area (TPSA) is 44.0 Å². The SMILES string of the molecule is C[C@]12CCC(O)C[C@H]1CC[C@@H]1[C@@H]2CC[C@]2(C)[C@@H](C#N)CC[C@@H]12. The van der Waals surface area contributed by atoms with Crippen molar-refractivity contribution in [2.24, 2.45) is 40.4 Å². The number of rotatable bonds is 0. The van der Waals surface area contributed by atoms with Gasteiger partial charge in [0.2, 0.25) is 0 Å². The van der Waals surface area contributed by atoms with Gasteiger partial charge in [-0.25, -0.2) is 0 Å². The summed E-state index contributed by atoms with van der Waals surface area (Å²) in [5, 5.41) is 19.6. The lowest BCUT2D eigenvalue weighted by Crippen LogP contribution is -2.53. The average Bonchev–Trinajstić information content (AvgIpc) is 2.84. The van der Waals surface area contributed by atoms with Crippen LogP contribution in [0.2, 0.25) is 0 Å². The van der Waals surface area contributed by atoms with Crippen LogP contribution in [-0.2, 0) is 0 Å². The molecule has 0 amide bonds. The molecule has 4 aliphatic carbocycles. The summed E-state index contributed by atoms with van der Waals surface area (Å²) in [5.41, 5.74) is 0.765. The van der Waals surface area contributed by atoms with Crippen LogP contribution in [0.4, 0.5) is 0 Å². The molecule has 0 heterocycles. The first-order valence-corrected chi connectivity index (χ1v) is 9.56. The lowest BCUT2D eigenvalue weighted by atomic mass is 9.45. The molecule has 2 heteroatoms. The Kier molecular flexibility index (Phi) is 3.39. The highest BCUT2D eigenvalue weighted by atomic mass is 16.3. The van der Waals surface area contributed by atoms with Gasteiger partial charge in [0.1, 0.15) is 0 Å². The van der Waals surface area contributed by atoms with Crippen LogP contribution in [0.1, 0.15) is 71.6 Å². The molecule has 122 valence electrons. The average molecular weight is 301 g/mol. The molecule has 0 saturated heterocycles. The fourth-order valence-electron chi connectivity index (χ4n) is 7.45. The standard InChI is InChI=1S/C20H31NO/c1-19-9-7-15(22)11-13(19)3-5-16-17-6-4-14(12-21)20(17,2)10-8-18(16)19/h13-18,22H,3-11H2,1-2H3/t13-,14-,15?,16+,17+,18+,19+,20-/m1/s1. The molecule has 0 radical (unpaired) electrons. The second kappa shape index (κ2) is 4.97. The molecule has 4 saturated carbocycles. The number of nitriles is 1. The molecule has 1 unspecified atom stereocenters. The van der Waals surface area contributed by atoms with Crippen LogP contribution in [-0.4, -0.2) is 11.2 Å². The summed E-state index contributed by atoms with van der Waals surface area (Å²) in [7, 11) is 0. The smallest absolute Gasteiger partial charge is 0.0661 e. The number of nitrogens with zero attached hydrogens (tertiary/aromatic N) is 1. The monoisotopic (exact) mass is 301 g/mol. The van der Waals surface area contributed by atoms with Gasteiger partial charge < -0.3 is 5.11 Å². The van der Waals surface area contributed by atoms with Crippen molar-refractivity contribution < 1.29 is 5.11 Å². The summed E-state index contributed by atoms with van der Waals surface area (Å²) >= 11 is 0. The summed E-state index contributed by atoms with van der Waals surface area (Å²) in [6, 6.07) is 2.64. The van der Waals surface area contributed by atoms with Gasteiger partial charge in [0.15, 0.2) is 0 Å². The van der Waals surface area contributed by atoms with E-state index in [1.807, 2.05) is 0 Å². The Bertz CT molecular complexity index is 496. The second-order valence-electron chi connectivity index (χ2n) is 9.39. The van der Waals surface area contributed by atoms with Crippen molar-refractivity contribution in [2.45, 2.75) is 77.7 Å². The molecule has 0 aromatic heterocycles. The third-order valence-corrected chi connectivity index (χ3v) is 8.79. The first-order valence-electron chi connectivity index (χ1n) is 9.56. The minimum atomic E-state index is -0.0436. The van der Waals surface area contributed by atoms with E-state index < -0.39 is 0 Å². The van der Waals surface area contributed by atoms with E-state index in [1.165, 1.54) is 38.5 Å². The Balaban J connectivity index is 1.62. The predicted octanol–water partition coefficient (Wildman–Crippen LogP) is 4.53. The highest BCUT2D eigenvalue weighted by Gasteiger charge is 2.60. The third-order valence-electron chi connectivity index (χ3n) is 8.79. The summed E-state index contributed by atoms with van der Waals surface area (Å²) in [4.78, 5) is 0. The molecule has 8 atom stereocenters. The molecule has 0 bridgehead atoms. The van der Waals surface area contributed by atoms with E-state index in [0.29, 0.717) is 16.7 Å². The van der Waals surface area contributed by atoms with E-state index in [2.05, 4.69) is 19.9 Å². The van der Waals surface area contributed by atoms with Gasteiger partial charge in [-0.05, 0) is 92.3 Å². The zero-order valence-electron chi connectivity index (χ0n) is 14.2. The normalized spacial score (nSPS) is 57.4. The Morgan fingerprint density at radius 2 is 1.64 bits per heavy atom. The maximum absolute atomic E-state index is 10.1. The summed E-state index contributed by atoms with van der Waals surface area (Å²) in [5.74, 6) is 3.55. The Morgan fingerprint density at radius 3 is 2.41 bits per heavy atom. The quantitative estimate of drug-likeness (QED) is 0.714. The number of aliphatic hydroxyl groups excluding tert-OH is 1. The molecule has 4 aliphatic rings. The summed E-state index contributed by atoms with van der Waals surface area (Å²) in [6.07, 6.45) is 10.9. The van der Waals surface area contributed by atoms with Crippen LogP contribution in [0.5, 0.6) is 0 Å². The van der Waals surface area contributed by atoms with E-state index in [9.17, 15) is 10.4 Å². The molecule has 1 N–H and O–H groups in total. The molecule has 4 rings (SSSR count). The van der Waals surface area contributed by atoms with Crippen molar-refractivity contribution in [3.05, 3.63) is 0 Å². The second-order valence-corrected chi connectivity index (χ2v) is 9.39. The molecular weight excluding hydrogens is 270 g/mol. The van der Waals surface area contributed by atoms with Gasteiger partial charge in [-0.1, -0.05) is 13.8 Å². The fourth-order valence-corrected chi connectivity index (χ4v) is 7.45. The Labute approximate surface area is 135 Å². The van der Waals surface area contributed by atoms with E-state index in [0.717, 1.165) is 42.9 Å². The van der Waals surface area contributed by atoms with Crippen LogP contribution < -0.4 is 0 Å². The molecule has 2 nitrogen and oxygen atoms in total. The fraction of sp³-hybridized carbons (Fsp3) is 0.950. The van der Waals surface area contributed by atoms with E-state index in [4.69, 9.17) is 0 Å². The van der Waals surface area contributed by atoms with Crippen molar-refractivity contribution in [2.75, 3.05) is 0 Å². The van der Waals surface area contributed by atoms with Gasteiger partial charge in [-0.15, -0.1) is 0 Å². The minimum Gasteiger partial charge on any atom is -0.393 e. The van der Waals surface area contributed by atoms with Crippen molar-refractivity contribution in [1.82, 2.24) is 0 Å². The van der Waals surface area contributed by atoms with E-state index in [1.54, 1.807) is 0 Å². The lowest BCUT2D eigenvalue weighted by molar-refractivity contribution is -0.124. The molecule has 4 fully saturated rings. The van der Waals surface area contributed by atoms with Crippen molar-refractivity contribution >= 4 is 0 Å². The minimum absolute atomic E-state index is 0.0436. The van der Waals surface area contributed by atoms with Crippen LogP contribution in [0.3, 0.4) is 0 Å². The summed E-state index contributed by atoms with van der Waals surface area (Å²) < 4.78 is 0. The third kappa shape index (κ3) is 1.87. The van der Waals surface area contributed by atoms with Crippen molar-refractivity contribution in [3.8, 4) is 6.07 Å². The van der Waals surface area contributed by atoms with Gasteiger partial charge in [-0.3, -0.25) is 0 Å². The number of hydrogen-bond donors (Lipinski definition) is 1. The van der Waals surface area contributed by atoms with Gasteiger partial charge >= 0.3 is 0 Å². The van der Waals surface area contributed by atoms with Gasteiger partial charge in [0.05, 0.1) is 18.1 Å². The highest BCUT2D eigenvalue weighted by Crippen LogP contribution is 2.67. The number of aliphatic hydroxyl groups is 1. The molecule has 22 heavy (non-hydrogen) atoms. The van der Waals surface area contributed by atoms with Crippen molar-refractivity contribution in [3.63, 3.8) is 0 Å². The van der Waals surface area contributed by atoms with Crippen LogP contribution in [0.25, 0.3) is 0 Å². The largest absolute Gasteiger partial charge is 0.393 e. The zero-order valence-corrected chi connectivity index (χ0v) is 14.2. The molecule has 0 aromatic carbocycles. The first-order chi connectivity index (χ1) is 10.5. The predicted molar refractivity (Wildman–Crippen MR) is 86.8 cm³/mol. The molecule has 0 spiro atoms. The van der Waals surface area contributed by atoms with E-state index in [-0.39, 0.29) is 6.10 Å². The molecule has 0 aliphatic heterocycles. The molecule has 0 aromatic rings. The van der Waals surface area contributed by atoms with Gasteiger partial charge in [0, 0.05) is 0 Å². The Hall–Kier alpha value is -0.550. The van der Waals surface area contributed by atoms with Crippen LogP contribution in [0.15, 0.2) is 0 Å². The van der Waals surface area contributed by atoms with Crippen LogP contribution >= 0.6 is 0 Å². The van der Waals surface area contributed by atoms with Crippen molar-refractivity contribution in [1.29, 1.82) is 5.26 Å². The summed E-state index contributed by atoms with van der Waals surface area (Å²) in [6.45, 7) is 4.97. The maximum Gasteiger partial charge on any atom is 0.0661 e. The first kappa shape index (κ1) is 15.0. The van der Waals surface area contributed by atoms with Gasteiger partial charge in [0.25, 0.3) is 0 Å². The van der Waals surface area contributed by atoms with Gasteiger partial charge in [-0.2, -0.15) is 5.26 Å². The number of hydrogen-bond acceptors (Lipinski definition) is 2.